The minimum atomic E-state index is -0.712. The number of phenolic OH excluding ortho intramolecular Hbond substituents is 1. The summed E-state index contributed by atoms with van der Waals surface area (Å²) in [6.07, 6.45) is 0. The highest BCUT2D eigenvalue weighted by atomic mass is 32.2. The van der Waals surface area contributed by atoms with Gasteiger partial charge in [0.25, 0.3) is 0 Å². The van der Waals surface area contributed by atoms with Crippen LogP contribution < -0.4 is 9.77 Å². The van der Waals surface area contributed by atoms with Gasteiger partial charge in [0.2, 0.25) is 11.8 Å². The summed E-state index contributed by atoms with van der Waals surface area (Å²) in [7, 11) is 0. The number of carbonyl (C=O) groups excluding carboxylic acids is 3. The molecule has 2 aliphatic heterocycles. The van der Waals surface area contributed by atoms with E-state index in [2.05, 4.69) is 4.98 Å². The first kappa shape index (κ1) is 21.5. The summed E-state index contributed by atoms with van der Waals surface area (Å²) < 4.78 is 4.99. The van der Waals surface area contributed by atoms with Crippen LogP contribution in [-0.4, -0.2) is 39.7 Å². The summed E-state index contributed by atoms with van der Waals surface area (Å²) in [5, 5.41) is 9.58. The van der Waals surface area contributed by atoms with Gasteiger partial charge in [-0.25, -0.2) is 9.69 Å². The second kappa shape index (κ2) is 8.20. The van der Waals surface area contributed by atoms with Crippen LogP contribution in [0.5, 0.6) is 5.75 Å². The number of carbonyl (C=O) groups is 3. The smallest absolute Gasteiger partial charge is 0.338 e. The molecule has 1 aromatic heterocycles. The van der Waals surface area contributed by atoms with Gasteiger partial charge in [-0.15, -0.1) is 0 Å². The van der Waals surface area contributed by atoms with E-state index < -0.39 is 23.1 Å². The van der Waals surface area contributed by atoms with Crippen molar-refractivity contribution in [2.45, 2.75) is 23.1 Å². The Kier molecular flexibility index (Phi) is 5.34. The Balaban J connectivity index is 1.54. The highest BCUT2D eigenvalue weighted by molar-refractivity contribution is 8.00. The summed E-state index contributed by atoms with van der Waals surface area (Å²) in [5.74, 6) is -2.36. The zero-order valence-corrected chi connectivity index (χ0v) is 18.9. The molecule has 0 spiro atoms. The van der Waals surface area contributed by atoms with E-state index in [1.54, 1.807) is 31.2 Å². The zero-order valence-electron chi connectivity index (χ0n) is 17.3. The number of anilines is 1. The van der Waals surface area contributed by atoms with E-state index in [4.69, 9.17) is 4.74 Å². The summed E-state index contributed by atoms with van der Waals surface area (Å²) in [6, 6.07) is 12.6. The van der Waals surface area contributed by atoms with E-state index in [0.29, 0.717) is 21.2 Å². The van der Waals surface area contributed by atoms with Crippen molar-refractivity contribution in [1.82, 2.24) is 4.98 Å². The fourth-order valence-electron chi connectivity index (χ4n) is 4.27. The lowest BCUT2D eigenvalue weighted by Crippen LogP contribution is -2.32. The minimum absolute atomic E-state index is 0.0834. The van der Waals surface area contributed by atoms with Crippen molar-refractivity contribution >= 4 is 46.6 Å². The molecule has 2 amide bonds. The molecule has 3 atom stereocenters. The number of aromatic hydroxyl groups is 1. The largest absolute Gasteiger partial charge is 0.508 e. The summed E-state index contributed by atoms with van der Waals surface area (Å²) in [6.45, 7) is 1.96. The van der Waals surface area contributed by atoms with Crippen LogP contribution in [0.25, 0.3) is 0 Å². The molecule has 0 unspecified atom stereocenters. The molecule has 0 radical (unpaired) electrons. The SMILES string of the molecule is CCOC(=O)c1ccc(N2C(=O)[C@H]3[C@H](c4ccc(O)cc4)c4sc(=O)[nH]c4S[C@H]3C2=O)cc1. The van der Waals surface area contributed by atoms with Crippen molar-refractivity contribution in [3.8, 4) is 5.75 Å². The fraction of sp³-hybridized carbons (Fsp3) is 0.217. The Hall–Kier alpha value is -3.37. The van der Waals surface area contributed by atoms with Gasteiger partial charge in [0.1, 0.15) is 11.0 Å². The Labute approximate surface area is 196 Å². The minimum Gasteiger partial charge on any atom is -0.508 e. The van der Waals surface area contributed by atoms with Gasteiger partial charge in [-0.3, -0.25) is 14.4 Å². The number of thioether (sulfide) groups is 1. The van der Waals surface area contributed by atoms with Crippen LogP contribution >= 0.6 is 23.1 Å². The molecule has 168 valence electrons. The monoisotopic (exact) mass is 482 g/mol. The van der Waals surface area contributed by atoms with E-state index in [-0.39, 0.29) is 29.0 Å². The van der Waals surface area contributed by atoms with Crippen LogP contribution in [0, 0.1) is 5.92 Å². The normalized spacial score (nSPS) is 21.6. The molecule has 3 heterocycles. The van der Waals surface area contributed by atoms with Gasteiger partial charge in [0.15, 0.2) is 0 Å². The molecule has 10 heteroatoms. The molecule has 0 saturated carbocycles. The summed E-state index contributed by atoms with van der Waals surface area (Å²) in [4.78, 5) is 55.4. The van der Waals surface area contributed by atoms with Gasteiger partial charge in [-0.1, -0.05) is 35.2 Å². The first-order chi connectivity index (χ1) is 15.9. The Morgan fingerprint density at radius 1 is 1.06 bits per heavy atom. The zero-order chi connectivity index (χ0) is 23.3. The van der Waals surface area contributed by atoms with E-state index in [1.807, 2.05) is 0 Å². The molecular weight excluding hydrogens is 464 g/mol. The van der Waals surface area contributed by atoms with E-state index in [1.165, 1.54) is 36.0 Å². The summed E-state index contributed by atoms with van der Waals surface area (Å²) >= 11 is 2.22. The molecule has 5 rings (SSSR count). The number of hydrogen-bond donors (Lipinski definition) is 2. The Bertz CT molecular complexity index is 1310. The number of amides is 2. The Morgan fingerprint density at radius 3 is 2.42 bits per heavy atom. The third-order valence-electron chi connectivity index (χ3n) is 5.71. The van der Waals surface area contributed by atoms with Crippen LogP contribution in [0.15, 0.2) is 58.4 Å². The molecule has 2 aromatic carbocycles. The molecule has 2 N–H and O–H groups in total. The lowest BCUT2D eigenvalue weighted by Gasteiger charge is -2.29. The topological polar surface area (TPSA) is 117 Å². The van der Waals surface area contributed by atoms with Crippen molar-refractivity contribution < 1.29 is 24.2 Å². The number of aromatic amines is 1. The van der Waals surface area contributed by atoms with E-state index >= 15 is 0 Å². The second-order valence-corrected chi connectivity index (χ2v) is 9.79. The fourth-order valence-corrected chi connectivity index (χ4v) is 6.79. The lowest BCUT2D eigenvalue weighted by atomic mass is 9.83. The number of hydrogen-bond acceptors (Lipinski definition) is 8. The van der Waals surface area contributed by atoms with Crippen molar-refractivity contribution in [3.63, 3.8) is 0 Å². The maximum Gasteiger partial charge on any atom is 0.338 e. The number of H-pyrrole nitrogens is 1. The maximum atomic E-state index is 13.6. The highest BCUT2D eigenvalue weighted by Gasteiger charge is 2.56. The molecule has 8 nitrogen and oxygen atoms in total. The average Bonchev–Trinajstić information content (AvgIpc) is 3.29. The van der Waals surface area contributed by atoms with E-state index in [0.717, 1.165) is 21.8 Å². The van der Waals surface area contributed by atoms with E-state index in [9.17, 15) is 24.3 Å². The molecule has 0 aliphatic carbocycles. The van der Waals surface area contributed by atoms with Crippen LogP contribution in [-0.2, 0) is 14.3 Å². The van der Waals surface area contributed by atoms with Crippen molar-refractivity contribution in [3.05, 3.63) is 74.2 Å². The highest BCUT2D eigenvalue weighted by Crippen LogP contribution is 2.53. The van der Waals surface area contributed by atoms with Gasteiger partial charge < -0.3 is 14.8 Å². The maximum absolute atomic E-state index is 13.6. The van der Waals surface area contributed by atoms with Crippen molar-refractivity contribution in [2.24, 2.45) is 5.92 Å². The Morgan fingerprint density at radius 2 is 1.76 bits per heavy atom. The predicted octanol–water partition coefficient (Wildman–Crippen LogP) is 3.11. The van der Waals surface area contributed by atoms with Gasteiger partial charge >= 0.3 is 10.8 Å². The van der Waals surface area contributed by atoms with Crippen molar-refractivity contribution in [1.29, 1.82) is 0 Å². The standard InChI is InChI=1S/C23H18N2O6S2/c1-2-31-22(29)12-3-7-13(8-4-12)25-20(27)16-15(11-5-9-14(26)10-6-11)17-19(24-23(30)33-17)32-18(16)21(25)28/h3-10,15-16,18,26H,2H2,1H3,(H,24,30)/t15-,16-,18+/m0/s1. The third-order valence-corrected chi connectivity index (χ3v) is 8.11. The number of phenols is 1. The van der Waals surface area contributed by atoms with Crippen LogP contribution in [0.4, 0.5) is 5.69 Å². The number of imide groups is 1. The van der Waals surface area contributed by atoms with Crippen LogP contribution in [0.3, 0.4) is 0 Å². The number of aromatic nitrogens is 1. The van der Waals surface area contributed by atoms with Gasteiger partial charge in [-0.2, -0.15) is 0 Å². The predicted molar refractivity (Wildman–Crippen MR) is 123 cm³/mol. The summed E-state index contributed by atoms with van der Waals surface area (Å²) in [5.41, 5.74) is 1.43. The van der Waals surface area contributed by atoms with Crippen LogP contribution in [0.2, 0.25) is 0 Å². The number of nitrogens with one attached hydrogen (secondary N) is 1. The first-order valence-electron chi connectivity index (χ1n) is 10.2. The molecule has 3 aromatic rings. The second-order valence-electron chi connectivity index (χ2n) is 7.62. The third kappa shape index (κ3) is 3.55. The van der Waals surface area contributed by atoms with Crippen molar-refractivity contribution in [2.75, 3.05) is 11.5 Å². The number of fused-ring (bicyclic) bond motifs is 2. The van der Waals surface area contributed by atoms with Gasteiger partial charge in [-0.05, 0) is 48.9 Å². The lowest BCUT2D eigenvalue weighted by molar-refractivity contribution is -0.122. The average molecular weight is 483 g/mol. The van der Waals surface area contributed by atoms with Gasteiger partial charge in [0, 0.05) is 10.8 Å². The number of rotatable bonds is 4. The van der Waals surface area contributed by atoms with Crippen LogP contribution in [0.1, 0.15) is 33.6 Å². The number of nitrogens with zero attached hydrogens (tertiary/aromatic N) is 1. The number of ether oxygens (including phenoxy) is 1. The number of esters is 1. The van der Waals surface area contributed by atoms with Gasteiger partial charge in [0.05, 0.1) is 28.8 Å². The molecule has 1 fully saturated rings. The quantitative estimate of drug-likeness (QED) is 0.433. The molecule has 33 heavy (non-hydrogen) atoms. The molecular formula is C23H18N2O6S2. The number of thiazole rings is 1. The molecule has 2 aliphatic rings. The first-order valence-corrected chi connectivity index (χ1v) is 11.9. The molecule has 1 saturated heterocycles. The molecule has 0 bridgehead atoms. The number of benzene rings is 2.